The van der Waals surface area contributed by atoms with Gasteiger partial charge in [-0.1, -0.05) is 12.1 Å². The van der Waals surface area contributed by atoms with Gasteiger partial charge in [-0.25, -0.2) is 8.78 Å². The van der Waals surface area contributed by atoms with Gasteiger partial charge < -0.3 is 4.74 Å². The average Bonchev–Trinajstić information content (AvgIpc) is 2.29. The van der Waals surface area contributed by atoms with Gasteiger partial charge in [0.05, 0.1) is 7.11 Å². The number of alkyl halides is 2. The van der Waals surface area contributed by atoms with Crippen molar-refractivity contribution < 1.29 is 13.5 Å². The van der Waals surface area contributed by atoms with Gasteiger partial charge >= 0.3 is 0 Å². The van der Waals surface area contributed by atoms with E-state index in [9.17, 15) is 8.78 Å². The largest absolute Gasteiger partial charge is 0.497 e. The third-order valence-electron chi connectivity index (χ3n) is 3.30. The van der Waals surface area contributed by atoms with Crippen molar-refractivity contribution in [3.63, 3.8) is 0 Å². The molecule has 0 amide bonds. The molecule has 88 valence electrons. The van der Waals surface area contributed by atoms with Crippen LogP contribution in [-0.4, -0.2) is 13.0 Å². The molecule has 0 saturated heterocycles. The Kier molecular flexibility index (Phi) is 3.13. The first-order valence-electron chi connectivity index (χ1n) is 5.62. The number of ether oxygens (including phenoxy) is 1. The van der Waals surface area contributed by atoms with Gasteiger partial charge in [0.2, 0.25) is 5.92 Å². The maximum Gasteiger partial charge on any atom is 0.248 e. The lowest BCUT2D eigenvalue weighted by molar-refractivity contribution is -0.0382. The fourth-order valence-corrected chi connectivity index (χ4v) is 2.25. The summed E-state index contributed by atoms with van der Waals surface area (Å²) in [6.07, 6.45) is 1.20. The monoisotopic (exact) mass is 226 g/mol. The Bertz CT molecular complexity index is 335. The highest BCUT2D eigenvalue weighted by Gasteiger charge is 2.35. The molecule has 0 atom stereocenters. The molecule has 1 nitrogen and oxygen atoms in total. The molecule has 0 aromatic heterocycles. The maximum atomic E-state index is 13.0. The molecule has 1 fully saturated rings. The van der Waals surface area contributed by atoms with Crippen LogP contribution in [-0.2, 0) is 0 Å². The van der Waals surface area contributed by atoms with Gasteiger partial charge in [0.25, 0.3) is 0 Å². The molecule has 0 spiro atoms. The van der Waals surface area contributed by atoms with E-state index in [1.807, 2.05) is 24.3 Å². The van der Waals surface area contributed by atoms with Crippen LogP contribution in [0.5, 0.6) is 5.75 Å². The van der Waals surface area contributed by atoms with E-state index in [0.29, 0.717) is 12.8 Å². The van der Waals surface area contributed by atoms with Crippen molar-refractivity contribution in [2.75, 3.05) is 7.11 Å². The standard InChI is InChI=1S/C13H16F2O/c1-16-12-4-2-10(3-5-12)11-6-8-13(14,15)9-7-11/h2-5,11H,6-9H2,1H3. The quantitative estimate of drug-likeness (QED) is 0.741. The fourth-order valence-electron chi connectivity index (χ4n) is 2.25. The van der Waals surface area contributed by atoms with Crippen molar-refractivity contribution in [1.29, 1.82) is 0 Å². The van der Waals surface area contributed by atoms with E-state index in [4.69, 9.17) is 4.74 Å². The normalized spacial score (nSPS) is 20.7. The molecular weight excluding hydrogens is 210 g/mol. The van der Waals surface area contributed by atoms with Crippen molar-refractivity contribution >= 4 is 0 Å². The van der Waals surface area contributed by atoms with Crippen LogP contribution in [0.2, 0.25) is 0 Å². The zero-order valence-electron chi connectivity index (χ0n) is 9.38. The number of rotatable bonds is 2. The third kappa shape index (κ3) is 2.52. The van der Waals surface area contributed by atoms with Crippen molar-refractivity contribution in [3.05, 3.63) is 29.8 Å². The summed E-state index contributed by atoms with van der Waals surface area (Å²) >= 11 is 0. The summed E-state index contributed by atoms with van der Waals surface area (Å²) in [5.74, 6) is -1.35. The fraction of sp³-hybridized carbons (Fsp3) is 0.538. The van der Waals surface area contributed by atoms with E-state index in [-0.39, 0.29) is 18.8 Å². The SMILES string of the molecule is COc1ccc(C2CCC(F)(F)CC2)cc1. The van der Waals surface area contributed by atoms with Gasteiger partial charge in [0.15, 0.2) is 0 Å². The summed E-state index contributed by atoms with van der Waals surface area (Å²) in [6.45, 7) is 0. The van der Waals surface area contributed by atoms with E-state index in [1.165, 1.54) is 0 Å². The predicted molar refractivity (Wildman–Crippen MR) is 59.2 cm³/mol. The van der Waals surface area contributed by atoms with E-state index in [1.54, 1.807) is 7.11 Å². The Morgan fingerprint density at radius 1 is 1.12 bits per heavy atom. The van der Waals surface area contributed by atoms with Gasteiger partial charge in [-0.05, 0) is 36.5 Å². The van der Waals surface area contributed by atoms with Crippen molar-refractivity contribution in [1.82, 2.24) is 0 Å². The predicted octanol–water partition coefficient (Wildman–Crippen LogP) is 3.99. The second-order valence-corrected chi connectivity index (χ2v) is 4.40. The van der Waals surface area contributed by atoms with Gasteiger partial charge in [-0.3, -0.25) is 0 Å². The van der Waals surface area contributed by atoms with Gasteiger partial charge in [0.1, 0.15) is 5.75 Å². The highest BCUT2D eigenvalue weighted by molar-refractivity contribution is 5.29. The lowest BCUT2D eigenvalue weighted by atomic mass is 9.82. The molecule has 1 aromatic carbocycles. The molecule has 1 aliphatic rings. The lowest BCUT2D eigenvalue weighted by Crippen LogP contribution is -2.23. The minimum atomic E-state index is -2.44. The smallest absolute Gasteiger partial charge is 0.248 e. The Morgan fingerprint density at radius 3 is 2.19 bits per heavy atom. The molecule has 0 unspecified atom stereocenters. The van der Waals surface area contributed by atoms with Crippen LogP contribution in [0, 0.1) is 0 Å². The Morgan fingerprint density at radius 2 is 1.69 bits per heavy atom. The van der Waals surface area contributed by atoms with Crippen molar-refractivity contribution in [2.45, 2.75) is 37.5 Å². The summed E-state index contributed by atoms with van der Waals surface area (Å²) in [7, 11) is 1.62. The number of halogens is 2. The van der Waals surface area contributed by atoms with Crippen LogP contribution in [0.15, 0.2) is 24.3 Å². The van der Waals surface area contributed by atoms with Gasteiger partial charge in [0, 0.05) is 12.8 Å². The lowest BCUT2D eigenvalue weighted by Gasteiger charge is -2.28. The Labute approximate surface area is 94.4 Å². The molecule has 1 aliphatic carbocycles. The number of methoxy groups -OCH3 is 1. The first-order valence-corrected chi connectivity index (χ1v) is 5.62. The van der Waals surface area contributed by atoms with Gasteiger partial charge in [-0.15, -0.1) is 0 Å². The molecule has 16 heavy (non-hydrogen) atoms. The summed E-state index contributed by atoms with van der Waals surface area (Å²) in [5.41, 5.74) is 1.15. The van der Waals surface area contributed by atoms with Crippen molar-refractivity contribution in [3.8, 4) is 5.75 Å². The second-order valence-electron chi connectivity index (χ2n) is 4.40. The van der Waals surface area contributed by atoms with E-state index < -0.39 is 5.92 Å². The van der Waals surface area contributed by atoms with E-state index in [0.717, 1.165) is 11.3 Å². The highest BCUT2D eigenvalue weighted by Crippen LogP contribution is 2.40. The van der Waals surface area contributed by atoms with Crippen LogP contribution in [0.3, 0.4) is 0 Å². The summed E-state index contributed by atoms with van der Waals surface area (Å²) in [6, 6.07) is 7.74. The minimum absolute atomic E-state index is 0.0176. The molecule has 0 N–H and O–H groups in total. The molecule has 0 heterocycles. The molecule has 0 bridgehead atoms. The Hall–Kier alpha value is -1.12. The van der Waals surface area contributed by atoms with Crippen LogP contribution in [0.25, 0.3) is 0 Å². The van der Waals surface area contributed by atoms with Crippen molar-refractivity contribution in [2.24, 2.45) is 0 Å². The molecule has 0 aliphatic heterocycles. The van der Waals surface area contributed by atoms with Crippen LogP contribution >= 0.6 is 0 Å². The zero-order chi connectivity index (χ0) is 11.6. The van der Waals surface area contributed by atoms with E-state index in [2.05, 4.69) is 0 Å². The average molecular weight is 226 g/mol. The number of hydrogen-bond donors (Lipinski definition) is 0. The van der Waals surface area contributed by atoms with E-state index >= 15 is 0 Å². The third-order valence-corrected chi connectivity index (χ3v) is 3.30. The molecule has 2 rings (SSSR count). The van der Waals surface area contributed by atoms with Crippen LogP contribution in [0.4, 0.5) is 8.78 Å². The minimum Gasteiger partial charge on any atom is -0.497 e. The summed E-state index contributed by atoms with van der Waals surface area (Å²) in [4.78, 5) is 0. The summed E-state index contributed by atoms with van der Waals surface area (Å²) in [5, 5.41) is 0. The number of hydrogen-bond acceptors (Lipinski definition) is 1. The molecule has 1 aromatic rings. The second kappa shape index (κ2) is 4.40. The van der Waals surface area contributed by atoms with Crippen LogP contribution in [0.1, 0.15) is 37.2 Å². The van der Waals surface area contributed by atoms with Crippen LogP contribution < -0.4 is 4.74 Å². The summed E-state index contributed by atoms with van der Waals surface area (Å²) < 4.78 is 31.1. The molecule has 1 saturated carbocycles. The zero-order valence-corrected chi connectivity index (χ0v) is 9.38. The molecular formula is C13H16F2O. The molecule has 0 radical (unpaired) electrons. The first-order chi connectivity index (χ1) is 7.61. The number of benzene rings is 1. The highest BCUT2D eigenvalue weighted by atomic mass is 19.3. The first kappa shape index (κ1) is 11.4. The Balaban J connectivity index is 2.03. The topological polar surface area (TPSA) is 9.23 Å². The molecule has 3 heteroatoms. The maximum absolute atomic E-state index is 13.0. The van der Waals surface area contributed by atoms with Gasteiger partial charge in [-0.2, -0.15) is 0 Å².